The summed E-state index contributed by atoms with van der Waals surface area (Å²) < 4.78 is 1.72. The van der Waals surface area contributed by atoms with Gasteiger partial charge in [-0.15, -0.1) is 5.10 Å². The molecule has 0 spiro atoms. The van der Waals surface area contributed by atoms with Gasteiger partial charge in [0.15, 0.2) is 11.5 Å². The smallest absolute Gasteiger partial charge is 0.279 e. The minimum atomic E-state index is -0.298. The first kappa shape index (κ1) is 11.8. The van der Waals surface area contributed by atoms with Gasteiger partial charge in [0.1, 0.15) is 0 Å². The van der Waals surface area contributed by atoms with Gasteiger partial charge in [0.25, 0.3) is 5.91 Å². The lowest BCUT2D eigenvalue weighted by Gasteiger charge is -2.26. The van der Waals surface area contributed by atoms with Crippen molar-refractivity contribution < 1.29 is 4.79 Å². The van der Waals surface area contributed by atoms with Gasteiger partial charge in [0, 0.05) is 24.3 Å². The van der Waals surface area contributed by atoms with Crippen molar-refractivity contribution in [2.24, 2.45) is 0 Å². The fraction of sp³-hybridized carbons (Fsp3) is 0.455. The molecule has 0 saturated carbocycles. The second-order valence-corrected chi connectivity index (χ2v) is 4.67. The molecule has 3 heterocycles. The highest BCUT2D eigenvalue weighted by atomic mass is 16.2. The predicted molar refractivity (Wildman–Crippen MR) is 67.9 cm³/mol. The van der Waals surface area contributed by atoms with Crippen LogP contribution in [0.1, 0.15) is 27.8 Å². The molecule has 2 aromatic rings. The standard InChI is InChI=1S/C11H15N7O/c1-6-7(2)14-16-10(6)13-11(19)9-5-18(17-15-9)8-3-12-4-8/h5,8,12H,3-4H2,1-2H3,(H2,13,14,16,19). The van der Waals surface area contributed by atoms with E-state index in [9.17, 15) is 4.79 Å². The maximum absolute atomic E-state index is 12.0. The van der Waals surface area contributed by atoms with Crippen LogP contribution in [0.3, 0.4) is 0 Å². The quantitative estimate of drug-likeness (QED) is 0.723. The van der Waals surface area contributed by atoms with Gasteiger partial charge < -0.3 is 10.6 Å². The number of hydrogen-bond donors (Lipinski definition) is 3. The zero-order valence-corrected chi connectivity index (χ0v) is 10.8. The molecule has 0 unspecified atom stereocenters. The number of aromatic nitrogens is 5. The Bertz CT molecular complexity index is 610. The zero-order chi connectivity index (χ0) is 13.4. The predicted octanol–water partition coefficient (Wildman–Crippen LogP) is 0.0146. The molecule has 1 saturated heterocycles. The van der Waals surface area contributed by atoms with Gasteiger partial charge in [-0.25, -0.2) is 4.68 Å². The van der Waals surface area contributed by atoms with Gasteiger partial charge in [-0.1, -0.05) is 5.21 Å². The molecule has 0 aromatic carbocycles. The Labute approximate surface area is 109 Å². The number of carbonyl (C=O) groups excluding carboxylic acids is 1. The summed E-state index contributed by atoms with van der Waals surface area (Å²) >= 11 is 0. The average Bonchev–Trinajstić information content (AvgIpc) is 2.90. The van der Waals surface area contributed by atoms with Crippen molar-refractivity contribution in [1.29, 1.82) is 0 Å². The van der Waals surface area contributed by atoms with Gasteiger partial charge in [-0.2, -0.15) is 5.10 Å². The van der Waals surface area contributed by atoms with Crippen molar-refractivity contribution in [3.63, 3.8) is 0 Å². The summed E-state index contributed by atoms with van der Waals surface area (Å²) in [6.07, 6.45) is 1.66. The maximum atomic E-state index is 12.0. The fourth-order valence-electron chi connectivity index (χ4n) is 1.80. The van der Waals surface area contributed by atoms with Crippen LogP contribution in [-0.4, -0.2) is 44.2 Å². The molecule has 3 rings (SSSR count). The topological polar surface area (TPSA) is 101 Å². The molecule has 8 nitrogen and oxygen atoms in total. The van der Waals surface area contributed by atoms with Crippen molar-refractivity contribution in [1.82, 2.24) is 30.5 Å². The van der Waals surface area contributed by atoms with E-state index in [1.54, 1.807) is 10.9 Å². The fourth-order valence-corrected chi connectivity index (χ4v) is 1.80. The Balaban J connectivity index is 1.73. The highest BCUT2D eigenvalue weighted by Crippen LogP contribution is 2.15. The molecule has 2 aromatic heterocycles. The molecule has 1 aliphatic heterocycles. The largest absolute Gasteiger partial charge is 0.312 e. The number of aryl methyl sites for hydroxylation is 1. The molecule has 1 aliphatic rings. The highest BCUT2D eigenvalue weighted by molar-refractivity contribution is 6.02. The van der Waals surface area contributed by atoms with Crippen LogP contribution >= 0.6 is 0 Å². The number of carbonyl (C=O) groups is 1. The number of aromatic amines is 1. The Morgan fingerprint density at radius 1 is 1.47 bits per heavy atom. The molecular weight excluding hydrogens is 246 g/mol. The Morgan fingerprint density at radius 3 is 2.84 bits per heavy atom. The van der Waals surface area contributed by atoms with Crippen molar-refractivity contribution in [2.75, 3.05) is 18.4 Å². The normalized spacial score (nSPS) is 15.3. The van der Waals surface area contributed by atoms with Crippen LogP contribution in [0.2, 0.25) is 0 Å². The van der Waals surface area contributed by atoms with E-state index in [0.29, 0.717) is 17.6 Å². The summed E-state index contributed by atoms with van der Waals surface area (Å²) in [7, 11) is 0. The highest BCUT2D eigenvalue weighted by Gasteiger charge is 2.22. The number of rotatable bonds is 3. The summed E-state index contributed by atoms with van der Waals surface area (Å²) in [5.41, 5.74) is 2.15. The first-order valence-corrected chi connectivity index (χ1v) is 6.10. The van der Waals surface area contributed by atoms with Gasteiger partial charge >= 0.3 is 0 Å². The van der Waals surface area contributed by atoms with E-state index in [4.69, 9.17) is 0 Å². The van der Waals surface area contributed by atoms with Crippen LogP contribution in [0.25, 0.3) is 0 Å². The number of nitrogens with zero attached hydrogens (tertiary/aromatic N) is 4. The molecular formula is C11H15N7O. The van der Waals surface area contributed by atoms with E-state index in [0.717, 1.165) is 24.3 Å². The van der Waals surface area contributed by atoms with Crippen molar-refractivity contribution in [3.8, 4) is 0 Å². The summed E-state index contributed by atoms with van der Waals surface area (Å²) in [6, 6.07) is 0.295. The molecule has 100 valence electrons. The average molecular weight is 261 g/mol. The zero-order valence-electron chi connectivity index (χ0n) is 10.8. The molecule has 0 bridgehead atoms. The Morgan fingerprint density at radius 2 is 2.26 bits per heavy atom. The number of anilines is 1. The SMILES string of the molecule is Cc1[nH]nc(NC(=O)c2cn(C3CNC3)nn2)c1C. The Kier molecular flexibility index (Phi) is 2.79. The minimum absolute atomic E-state index is 0.295. The van der Waals surface area contributed by atoms with Crippen LogP contribution in [0.5, 0.6) is 0 Å². The summed E-state index contributed by atoms with van der Waals surface area (Å²) in [5, 5.41) is 20.6. The molecule has 1 fully saturated rings. The second-order valence-electron chi connectivity index (χ2n) is 4.67. The third-order valence-electron chi connectivity index (χ3n) is 3.36. The third-order valence-corrected chi connectivity index (χ3v) is 3.36. The minimum Gasteiger partial charge on any atom is -0.312 e. The molecule has 0 atom stereocenters. The van der Waals surface area contributed by atoms with Crippen molar-refractivity contribution in [2.45, 2.75) is 19.9 Å². The summed E-state index contributed by atoms with van der Waals surface area (Å²) in [5.74, 6) is 0.232. The first-order chi connectivity index (χ1) is 9.15. The van der Waals surface area contributed by atoms with Crippen LogP contribution in [-0.2, 0) is 0 Å². The monoisotopic (exact) mass is 261 g/mol. The third kappa shape index (κ3) is 2.10. The molecule has 0 aliphatic carbocycles. The van der Waals surface area contributed by atoms with Crippen LogP contribution in [0.4, 0.5) is 5.82 Å². The van der Waals surface area contributed by atoms with E-state index < -0.39 is 0 Å². The van der Waals surface area contributed by atoms with Gasteiger partial charge in [0.05, 0.1) is 12.2 Å². The van der Waals surface area contributed by atoms with Gasteiger partial charge in [0.2, 0.25) is 0 Å². The number of H-pyrrole nitrogens is 1. The van der Waals surface area contributed by atoms with E-state index in [2.05, 4.69) is 31.1 Å². The molecule has 8 heteroatoms. The van der Waals surface area contributed by atoms with Crippen LogP contribution < -0.4 is 10.6 Å². The van der Waals surface area contributed by atoms with Crippen molar-refractivity contribution in [3.05, 3.63) is 23.1 Å². The number of hydrogen-bond acceptors (Lipinski definition) is 5. The Hall–Kier alpha value is -2.22. The summed E-state index contributed by atoms with van der Waals surface area (Å²) in [6.45, 7) is 5.52. The number of amides is 1. The van der Waals surface area contributed by atoms with E-state index in [1.807, 2.05) is 13.8 Å². The van der Waals surface area contributed by atoms with Gasteiger partial charge in [-0.3, -0.25) is 9.89 Å². The lowest BCUT2D eigenvalue weighted by Crippen LogP contribution is -2.43. The second kappa shape index (κ2) is 4.47. The van der Waals surface area contributed by atoms with E-state index in [1.165, 1.54) is 0 Å². The lowest BCUT2D eigenvalue weighted by atomic mass is 10.2. The van der Waals surface area contributed by atoms with E-state index in [-0.39, 0.29) is 5.91 Å². The first-order valence-electron chi connectivity index (χ1n) is 6.10. The molecule has 19 heavy (non-hydrogen) atoms. The van der Waals surface area contributed by atoms with E-state index >= 15 is 0 Å². The molecule has 3 N–H and O–H groups in total. The molecule has 1 amide bonds. The van der Waals surface area contributed by atoms with Crippen LogP contribution in [0, 0.1) is 13.8 Å². The lowest BCUT2D eigenvalue weighted by molar-refractivity contribution is 0.102. The van der Waals surface area contributed by atoms with Crippen LogP contribution in [0.15, 0.2) is 6.20 Å². The molecule has 0 radical (unpaired) electrons. The summed E-state index contributed by atoms with van der Waals surface area (Å²) in [4.78, 5) is 12.0. The van der Waals surface area contributed by atoms with Crippen molar-refractivity contribution >= 4 is 11.7 Å². The van der Waals surface area contributed by atoms with Gasteiger partial charge in [-0.05, 0) is 13.8 Å². The maximum Gasteiger partial charge on any atom is 0.279 e. The number of nitrogens with one attached hydrogen (secondary N) is 3.